The molecule has 4 aromatic rings. The van der Waals surface area contributed by atoms with E-state index in [4.69, 9.17) is 11.6 Å². The molecule has 0 unspecified atom stereocenters. The van der Waals surface area contributed by atoms with E-state index in [2.05, 4.69) is 54.8 Å². The SMILES string of the molecule is Fc1cc(Cl)c2c(c1)c(N1CCCc3c(I)cccc31)nc1nncn12. The number of halogens is 3. The summed E-state index contributed by atoms with van der Waals surface area (Å²) in [5, 5.41) is 8.98. The van der Waals surface area contributed by atoms with Gasteiger partial charge in [0.1, 0.15) is 18.0 Å². The Kier molecular flexibility index (Phi) is 3.75. The van der Waals surface area contributed by atoms with Gasteiger partial charge >= 0.3 is 0 Å². The number of benzene rings is 2. The maximum absolute atomic E-state index is 14.2. The van der Waals surface area contributed by atoms with E-state index in [-0.39, 0.29) is 0 Å². The first kappa shape index (κ1) is 16.2. The summed E-state index contributed by atoms with van der Waals surface area (Å²) in [6.45, 7) is 0.799. The minimum absolute atomic E-state index is 0.313. The summed E-state index contributed by atoms with van der Waals surface area (Å²) in [6, 6.07) is 9.00. The van der Waals surface area contributed by atoms with Gasteiger partial charge in [-0.05, 0) is 65.3 Å². The molecule has 0 amide bonds. The molecule has 2 aromatic heterocycles. The van der Waals surface area contributed by atoms with Crippen LogP contribution in [0.3, 0.4) is 0 Å². The normalized spacial score (nSPS) is 14.2. The Morgan fingerprint density at radius 3 is 3.00 bits per heavy atom. The van der Waals surface area contributed by atoms with E-state index < -0.39 is 5.82 Å². The Morgan fingerprint density at radius 2 is 2.12 bits per heavy atom. The predicted octanol–water partition coefficient (Wildman–Crippen LogP) is 4.76. The molecule has 0 aliphatic carbocycles. The van der Waals surface area contributed by atoms with Gasteiger partial charge in [-0.2, -0.15) is 4.98 Å². The van der Waals surface area contributed by atoms with Gasteiger partial charge in [-0.15, -0.1) is 10.2 Å². The number of anilines is 2. The third-order valence-electron chi connectivity index (χ3n) is 4.69. The van der Waals surface area contributed by atoms with Crippen LogP contribution in [0.25, 0.3) is 16.7 Å². The molecule has 0 radical (unpaired) electrons. The van der Waals surface area contributed by atoms with Crippen molar-refractivity contribution < 1.29 is 4.39 Å². The summed E-state index contributed by atoms with van der Waals surface area (Å²) in [6.07, 6.45) is 3.56. The zero-order valence-corrected chi connectivity index (χ0v) is 16.4. The first-order valence-electron chi connectivity index (χ1n) is 8.17. The highest BCUT2D eigenvalue weighted by Gasteiger charge is 2.24. The van der Waals surface area contributed by atoms with Crippen molar-refractivity contribution in [1.82, 2.24) is 19.6 Å². The molecule has 5 nitrogen and oxygen atoms in total. The number of hydrogen-bond acceptors (Lipinski definition) is 4. The topological polar surface area (TPSA) is 46.3 Å². The van der Waals surface area contributed by atoms with Gasteiger partial charge < -0.3 is 4.90 Å². The molecule has 0 bridgehead atoms. The Balaban J connectivity index is 1.87. The van der Waals surface area contributed by atoms with Gasteiger partial charge in [-0.25, -0.2) is 4.39 Å². The van der Waals surface area contributed by atoms with E-state index in [1.165, 1.54) is 21.3 Å². The molecule has 0 fully saturated rings. The lowest BCUT2D eigenvalue weighted by molar-refractivity contribution is 0.629. The molecule has 0 saturated heterocycles. The molecule has 130 valence electrons. The van der Waals surface area contributed by atoms with E-state index >= 15 is 0 Å². The van der Waals surface area contributed by atoms with E-state index in [9.17, 15) is 4.39 Å². The van der Waals surface area contributed by atoms with Crippen LogP contribution in [-0.2, 0) is 6.42 Å². The van der Waals surface area contributed by atoms with Gasteiger partial charge in [-0.3, -0.25) is 4.40 Å². The fourth-order valence-corrected chi connectivity index (χ4v) is 4.66. The van der Waals surface area contributed by atoms with E-state index in [0.29, 0.717) is 27.5 Å². The van der Waals surface area contributed by atoms with Gasteiger partial charge in [0, 0.05) is 21.2 Å². The van der Waals surface area contributed by atoms with Crippen LogP contribution >= 0.6 is 34.2 Å². The van der Waals surface area contributed by atoms with Crippen molar-refractivity contribution >= 4 is 62.4 Å². The number of aromatic nitrogens is 4. The molecule has 1 aliphatic heterocycles. The Bertz CT molecular complexity index is 1180. The molecule has 0 spiro atoms. The lowest BCUT2D eigenvalue weighted by Crippen LogP contribution is -2.26. The van der Waals surface area contributed by atoms with Crippen molar-refractivity contribution in [3.05, 3.63) is 56.6 Å². The smallest absolute Gasteiger partial charge is 0.257 e. The lowest BCUT2D eigenvalue weighted by atomic mass is 10.0. The average molecular weight is 480 g/mol. The fourth-order valence-electron chi connectivity index (χ4n) is 3.61. The minimum Gasteiger partial charge on any atom is -0.325 e. The van der Waals surface area contributed by atoms with Gasteiger partial charge in [0.25, 0.3) is 5.78 Å². The number of rotatable bonds is 1. The fraction of sp³-hybridized carbons (Fsp3) is 0.167. The highest BCUT2D eigenvalue weighted by molar-refractivity contribution is 14.1. The Hall–Kier alpha value is -2.00. The maximum Gasteiger partial charge on any atom is 0.257 e. The summed E-state index contributed by atoms with van der Waals surface area (Å²) in [5.41, 5.74) is 3.05. The number of hydrogen-bond donors (Lipinski definition) is 0. The third kappa shape index (κ3) is 2.37. The summed E-state index contributed by atoms with van der Waals surface area (Å²) in [5.74, 6) is 0.710. The summed E-state index contributed by atoms with van der Waals surface area (Å²) < 4.78 is 17.1. The van der Waals surface area contributed by atoms with Crippen molar-refractivity contribution in [2.24, 2.45) is 0 Å². The lowest BCUT2D eigenvalue weighted by Gasteiger charge is -2.32. The highest BCUT2D eigenvalue weighted by atomic mass is 127. The van der Waals surface area contributed by atoms with Gasteiger partial charge in [0.15, 0.2) is 0 Å². The molecule has 8 heteroatoms. The van der Waals surface area contributed by atoms with Crippen molar-refractivity contribution in [1.29, 1.82) is 0 Å². The van der Waals surface area contributed by atoms with Crippen LogP contribution in [0, 0.1) is 9.39 Å². The number of nitrogens with zero attached hydrogens (tertiary/aromatic N) is 5. The first-order valence-corrected chi connectivity index (χ1v) is 9.62. The van der Waals surface area contributed by atoms with E-state index in [1.54, 1.807) is 10.7 Å². The first-order chi connectivity index (χ1) is 12.6. The second-order valence-electron chi connectivity index (χ2n) is 6.21. The van der Waals surface area contributed by atoms with Crippen molar-refractivity contribution in [2.75, 3.05) is 11.4 Å². The summed E-state index contributed by atoms with van der Waals surface area (Å²) in [7, 11) is 0. The zero-order valence-electron chi connectivity index (χ0n) is 13.5. The molecule has 3 heterocycles. The van der Waals surface area contributed by atoms with Gasteiger partial charge in [0.2, 0.25) is 0 Å². The molecule has 0 atom stereocenters. The second kappa shape index (κ2) is 6.02. The van der Waals surface area contributed by atoms with Crippen LogP contribution in [0.15, 0.2) is 36.7 Å². The summed E-state index contributed by atoms with van der Waals surface area (Å²) >= 11 is 8.73. The molecule has 1 aliphatic rings. The van der Waals surface area contributed by atoms with Crippen LogP contribution < -0.4 is 4.90 Å². The summed E-state index contributed by atoms with van der Waals surface area (Å²) in [4.78, 5) is 6.82. The van der Waals surface area contributed by atoms with Crippen LogP contribution in [0.2, 0.25) is 5.02 Å². The molecule has 5 rings (SSSR count). The predicted molar refractivity (Wildman–Crippen MR) is 108 cm³/mol. The van der Waals surface area contributed by atoms with Crippen molar-refractivity contribution in [3.63, 3.8) is 0 Å². The van der Waals surface area contributed by atoms with E-state index in [0.717, 1.165) is 25.1 Å². The van der Waals surface area contributed by atoms with Crippen LogP contribution in [0.5, 0.6) is 0 Å². The molecule has 2 aromatic carbocycles. The average Bonchev–Trinajstić information content (AvgIpc) is 3.09. The largest absolute Gasteiger partial charge is 0.325 e. The maximum atomic E-state index is 14.2. The Morgan fingerprint density at radius 1 is 1.23 bits per heavy atom. The van der Waals surface area contributed by atoms with Crippen molar-refractivity contribution in [2.45, 2.75) is 12.8 Å². The number of fused-ring (bicyclic) bond motifs is 4. The molecular weight excluding hydrogens is 468 g/mol. The zero-order chi connectivity index (χ0) is 17.8. The molecule has 0 N–H and O–H groups in total. The molecule has 26 heavy (non-hydrogen) atoms. The van der Waals surface area contributed by atoms with Crippen LogP contribution in [0.4, 0.5) is 15.9 Å². The van der Waals surface area contributed by atoms with E-state index in [1.807, 2.05) is 6.07 Å². The van der Waals surface area contributed by atoms with Crippen LogP contribution in [-0.4, -0.2) is 26.1 Å². The third-order valence-corrected chi connectivity index (χ3v) is 5.99. The van der Waals surface area contributed by atoms with Gasteiger partial charge in [0.05, 0.1) is 10.5 Å². The monoisotopic (exact) mass is 479 g/mol. The standard InChI is InChI=1S/C18H12ClFIN5/c19-13-8-10(20)7-12-16(13)26-9-22-24-18(26)23-17(12)25-6-2-3-11-14(21)4-1-5-15(11)25/h1,4-5,7-9H,2-3,6H2. The van der Waals surface area contributed by atoms with Crippen LogP contribution in [0.1, 0.15) is 12.0 Å². The Labute approximate surface area is 166 Å². The second-order valence-corrected chi connectivity index (χ2v) is 7.78. The minimum atomic E-state index is -0.391. The molecule has 0 saturated carbocycles. The highest BCUT2D eigenvalue weighted by Crippen LogP contribution is 2.39. The van der Waals surface area contributed by atoms with Gasteiger partial charge in [-0.1, -0.05) is 17.7 Å². The molecular formula is C18H12ClFIN5. The quantitative estimate of drug-likeness (QED) is 0.369. The van der Waals surface area contributed by atoms with Crippen molar-refractivity contribution in [3.8, 4) is 0 Å².